The molecule has 1 N–H and O–H groups in total. The lowest BCUT2D eigenvalue weighted by molar-refractivity contribution is 0.0976. The third-order valence-corrected chi connectivity index (χ3v) is 5.62. The fourth-order valence-electron chi connectivity index (χ4n) is 2.80. The number of nitrogens with one attached hydrogen (secondary N) is 1. The van der Waals surface area contributed by atoms with Gasteiger partial charge in [0.05, 0.1) is 31.6 Å². The minimum atomic E-state index is -2.90. The van der Waals surface area contributed by atoms with Crippen molar-refractivity contribution in [2.24, 2.45) is 0 Å². The van der Waals surface area contributed by atoms with Crippen molar-refractivity contribution in [3.8, 4) is 0 Å². The zero-order valence-corrected chi connectivity index (χ0v) is 12.2. The Labute approximate surface area is 109 Å². The molecule has 2 fully saturated rings. The molecule has 0 spiro atoms. The first-order valence-corrected chi connectivity index (χ1v) is 8.66. The van der Waals surface area contributed by atoms with E-state index in [1.54, 1.807) is 0 Å². The van der Waals surface area contributed by atoms with Crippen molar-refractivity contribution in [3.05, 3.63) is 0 Å². The molecule has 3 atom stereocenters. The van der Waals surface area contributed by atoms with Gasteiger partial charge in [0.1, 0.15) is 0 Å². The Kier molecular flexibility index (Phi) is 5.22. The summed E-state index contributed by atoms with van der Waals surface area (Å²) in [5.41, 5.74) is 0. The molecule has 0 amide bonds. The standard InChI is InChI=1S/C12H24NO4P/c1-3-15-18(14,16-4-2)8-7-13-11-9-10-5-6-12(11)17-10/h10-13H,3-9H2,1-2H3. The van der Waals surface area contributed by atoms with Crippen molar-refractivity contribution in [1.82, 2.24) is 5.32 Å². The molecule has 0 aromatic rings. The number of ether oxygens (including phenoxy) is 1. The average molecular weight is 277 g/mol. The molecule has 3 unspecified atom stereocenters. The van der Waals surface area contributed by atoms with Gasteiger partial charge in [0, 0.05) is 12.6 Å². The number of hydrogen-bond donors (Lipinski definition) is 1. The van der Waals surface area contributed by atoms with E-state index in [2.05, 4.69) is 5.32 Å². The highest BCUT2D eigenvalue weighted by Gasteiger charge is 2.40. The van der Waals surface area contributed by atoms with Gasteiger partial charge in [-0.3, -0.25) is 4.57 Å². The van der Waals surface area contributed by atoms with Crippen LogP contribution in [0, 0.1) is 0 Å². The second kappa shape index (κ2) is 6.49. The Morgan fingerprint density at radius 2 is 2.00 bits per heavy atom. The number of fused-ring (bicyclic) bond motifs is 2. The van der Waals surface area contributed by atoms with Crippen molar-refractivity contribution in [2.45, 2.75) is 51.4 Å². The quantitative estimate of drug-likeness (QED) is 0.689. The lowest BCUT2D eigenvalue weighted by Crippen LogP contribution is -2.39. The third kappa shape index (κ3) is 3.55. The fraction of sp³-hybridized carbons (Fsp3) is 1.00. The van der Waals surface area contributed by atoms with Crippen molar-refractivity contribution >= 4 is 7.60 Å². The topological polar surface area (TPSA) is 56.8 Å². The number of hydrogen-bond acceptors (Lipinski definition) is 5. The first-order valence-electron chi connectivity index (χ1n) is 6.94. The summed E-state index contributed by atoms with van der Waals surface area (Å²) in [6.07, 6.45) is 4.66. The van der Waals surface area contributed by atoms with E-state index in [9.17, 15) is 4.57 Å². The second-order valence-electron chi connectivity index (χ2n) is 4.84. The summed E-state index contributed by atoms with van der Waals surface area (Å²) in [5, 5.41) is 3.43. The van der Waals surface area contributed by atoms with Crippen LogP contribution in [0.2, 0.25) is 0 Å². The van der Waals surface area contributed by atoms with Gasteiger partial charge in [-0.2, -0.15) is 0 Å². The van der Waals surface area contributed by atoms with Crippen LogP contribution in [0.1, 0.15) is 33.1 Å². The van der Waals surface area contributed by atoms with Crippen LogP contribution < -0.4 is 5.32 Å². The smallest absolute Gasteiger partial charge is 0.331 e. The Hall–Kier alpha value is 0.0700. The van der Waals surface area contributed by atoms with Crippen LogP contribution in [-0.4, -0.2) is 44.2 Å². The van der Waals surface area contributed by atoms with Crippen molar-refractivity contribution in [2.75, 3.05) is 25.9 Å². The van der Waals surface area contributed by atoms with Crippen molar-refractivity contribution in [1.29, 1.82) is 0 Å². The fourth-order valence-corrected chi connectivity index (χ4v) is 4.32. The summed E-state index contributed by atoms with van der Waals surface area (Å²) >= 11 is 0. The molecule has 18 heavy (non-hydrogen) atoms. The maximum atomic E-state index is 12.2. The molecule has 0 aromatic heterocycles. The second-order valence-corrected chi connectivity index (χ2v) is 7.03. The minimum absolute atomic E-state index is 0.355. The van der Waals surface area contributed by atoms with E-state index in [-0.39, 0.29) is 0 Å². The van der Waals surface area contributed by atoms with Crippen LogP contribution in [0.5, 0.6) is 0 Å². The van der Waals surface area contributed by atoms with Crippen LogP contribution in [0.4, 0.5) is 0 Å². The Balaban J connectivity index is 1.71. The summed E-state index contributed by atoms with van der Waals surface area (Å²) < 4.78 is 28.5. The number of rotatable bonds is 8. The van der Waals surface area contributed by atoms with Gasteiger partial charge < -0.3 is 19.1 Å². The van der Waals surface area contributed by atoms with E-state index in [1.165, 1.54) is 6.42 Å². The molecule has 2 aliphatic heterocycles. The molecule has 6 heteroatoms. The largest absolute Gasteiger partial charge is 0.373 e. The molecule has 5 nitrogen and oxygen atoms in total. The van der Waals surface area contributed by atoms with E-state index in [1.807, 2.05) is 13.8 Å². The highest BCUT2D eigenvalue weighted by molar-refractivity contribution is 7.53. The Bertz CT molecular complexity index is 302. The van der Waals surface area contributed by atoms with Gasteiger partial charge in [-0.15, -0.1) is 0 Å². The third-order valence-electron chi connectivity index (χ3n) is 3.55. The molecular weight excluding hydrogens is 253 g/mol. The SMILES string of the molecule is CCOP(=O)(CCNC1CC2CCC1O2)OCC. The molecule has 0 radical (unpaired) electrons. The summed E-state index contributed by atoms with van der Waals surface area (Å²) in [4.78, 5) is 0. The summed E-state index contributed by atoms with van der Waals surface area (Å²) in [7, 11) is -2.90. The first kappa shape index (κ1) is 14.5. The summed E-state index contributed by atoms with van der Waals surface area (Å²) in [6, 6.07) is 0.417. The molecule has 2 aliphatic rings. The molecule has 0 aliphatic carbocycles. The van der Waals surface area contributed by atoms with Crippen LogP contribution in [0.3, 0.4) is 0 Å². The van der Waals surface area contributed by atoms with Gasteiger partial charge in [-0.05, 0) is 33.1 Å². The van der Waals surface area contributed by atoms with Crippen LogP contribution in [0.25, 0.3) is 0 Å². The highest BCUT2D eigenvalue weighted by atomic mass is 31.2. The molecule has 2 bridgehead atoms. The molecule has 0 saturated carbocycles. The lowest BCUT2D eigenvalue weighted by atomic mass is 9.96. The first-order chi connectivity index (χ1) is 8.67. The minimum Gasteiger partial charge on any atom is -0.373 e. The highest BCUT2D eigenvalue weighted by Crippen LogP contribution is 2.47. The van der Waals surface area contributed by atoms with Gasteiger partial charge in [-0.25, -0.2) is 0 Å². The van der Waals surface area contributed by atoms with E-state index in [0.29, 0.717) is 44.2 Å². The molecule has 2 saturated heterocycles. The lowest BCUT2D eigenvalue weighted by Gasteiger charge is -2.22. The Morgan fingerprint density at radius 1 is 1.28 bits per heavy atom. The van der Waals surface area contributed by atoms with Gasteiger partial charge in [-0.1, -0.05) is 0 Å². The van der Waals surface area contributed by atoms with E-state index < -0.39 is 7.60 Å². The maximum Gasteiger partial charge on any atom is 0.331 e. The van der Waals surface area contributed by atoms with Gasteiger partial charge in [0.15, 0.2) is 0 Å². The van der Waals surface area contributed by atoms with Crippen LogP contribution >= 0.6 is 7.60 Å². The molecular formula is C12H24NO4P. The molecule has 0 aromatic carbocycles. The maximum absolute atomic E-state index is 12.2. The normalized spacial score (nSPS) is 31.1. The zero-order chi connectivity index (χ0) is 13.0. The van der Waals surface area contributed by atoms with E-state index in [0.717, 1.165) is 12.8 Å². The van der Waals surface area contributed by atoms with Crippen molar-refractivity contribution < 1.29 is 18.3 Å². The van der Waals surface area contributed by atoms with Gasteiger partial charge in [0.2, 0.25) is 0 Å². The molecule has 106 valence electrons. The summed E-state index contributed by atoms with van der Waals surface area (Å²) in [6.45, 7) is 5.18. The monoisotopic (exact) mass is 277 g/mol. The van der Waals surface area contributed by atoms with Gasteiger partial charge >= 0.3 is 7.60 Å². The predicted octanol–water partition coefficient (Wildman–Crippen LogP) is 2.16. The van der Waals surface area contributed by atoms with Gasteiger partial charge in [0.25, 0.3) is 0 Å². The summed E-state index contributed by atoms with van der Waals surface area (Å²) in [5.74, 6) is 0. The van der Waals surface area contributed by atoms with Crippen LogP contribution in [0.15, 0.2) is 0 Å². The van der Waals surface area contributed by atoms with Crippen molar-refractivity contribution in [3.63, 3.8) is 0 Å². The van der Waals surface area contributed by atoms with Crippen LogP contribution in [-0.2, 0) is 18.3 Å². The molecule has 2 rings (SSSR count). The Morgan fingerprint density at radius 3 is 2.50 bits per heavy atom. The molecule has 2 heterocycles. The zero-order valence-electron chi connectivity index (χ0n) is 11.3. The average Bonchev–Trinajstić information content (AvgIpc) is 2.91. The predicted molar refractivity (Wildman–Crippen MR) is 70.0 cm³/mol. The van der Waals surface area contributed by atoms with E-state index in [4.69, 9.17) is 13.8 Å². The van der Waals surface area contributed by atoms with E-state index >= 15 is 0 Å².